The largest absolute Gasteiger partial charge is 0.478 e. The Hall–Kier alpha value is -1.13. The third-order valence-corrected chi connectivity index (χ3v) is 1.96. The van der Waals surface area contributed by atoms with Gasteiger partial charge in [-0.3, -0.25) is 0 Å². The molecule has 0 aliphatic heterocycles. The molecule has 0 aromatic rings. The minimum absolute atomic E-state index is 0.0492. The lowest BCUT2D eigenvalue weighted by atomic mass is 9.99. The summed E-state index contributed by atoms with van der Waals surface area (Å²) < 4.78 is 0. The summed E-state index contributed by atoms with van der Waals surface area (Å²) in [4.78, 5) is 10.6. The molecular weight excluding hydrogens is 168 g/mol. The predicted molar refractivity (Wildman–Crippen MR) is 50.3 cm³/mol. The van der Waals surface area contributed by atoms with E-state index in [1.807, 2.05) is 6.92 Å². The SMILES string of the molecule is CCNC1C=CC(C(=O)O)=CC1N. The number of likely N-dealkylation sites (N-methyl/N-ethyl adjacent to an activating group) is 1. The first-order chi connectivity index (χ1) is 6.15. The first-order valence-corrected chi connectivity index (χ1v) is 4.27. The topological polar surface area (TPSA) is 75.3 Å². The number of carbonyl (C=O) groups is 1. The van der Waals surface area contributed by atoms with Gasteiger partial charge in [-0.2, -0.15) is 0 Å². The number of rotatable bonds is 3. The third kappa shape index (κ3) is 2.40. The van der Waals surface area contributed by atoms with E-state index in [-0.39, 0.29) is 17.7 Å². The molecule has 1 aliphatic carbocycles. The van der Waals surface area contributed by atoms with E-state index < -0.39 is 5.97 Å². The van der Waals surface area contributed by atoms with Crippen molar-refractivity contribution in [1.29, 1.82) is 0 Å². The molecule has 1 aliphatic rings. The molecular formula is C9H14N2O2. The van der Waals surface area contributed by atoms with Gasteiger partial charge in [0.25, 0.3) is 0 Å². The fourth-order valence-electron chi connectivity index (χ4n) is 1.28. The molecule has 4 heteroatoms. The molecule has 0 heterocycles. The Labute approximate surface area is 77.1 Å². The molecule has 0 radical (unpaired) electrons. The summed E-state index contributed by atoms with van der Waals surface area (Å²) in [5.41, 5.74) is 6.01. The van der Waals surface area contributed by atoms with Gasteiger partial charge in [-0.05, 0) is 6.54 Å². The van der Waals surface area contributed by atoms with Gasteiger partial charge in [0.2, 0.25) is 0 Å². The Morgan fingerprint density at radius 1 is 1.77 bits per heavy atom. The van der Waals surface area contributed by atoms with Crippen LogP contribution in [0.2, 0.25) is 0 Å². The fraction of sp³-hybridized carbons (Fsp3) is 0.444. The summed E-state index contributed by atoms with van der Waals surface area (Å²) in [6.45, 7) is 2.80. The van der Waals surface area contributed by atoms with Gasteiger partial charge in [0.1, 0.15) is 0 Å². The molecule has 0 bridgehead atoms. The van der Waals surface area contributed by atoms with Crippen molar-refractivity contribution in [2.45, 2.75) is 19.0 Å². The summed E-state index contributed by atoms with van der Waals surface area (Å²) in [6.07, 6.45) is 4.94. The molecule has 13 heavy (non-hydrogen) atoms. The van der Waals surface area contributed by atoms with Gasteiger partial charge >= 0.3 is 5.97 Å². The lowest BCUT2D eigenvalue weighted by Crippen LogP contribution is -2.44. The van der Waals surface area contributed by atoms with Gasteiger partial charge in [-0.15, -0.1) is 0 Å². The number of hydrogen-bond acceptors (Lipinski definition) is 3. The second-order valence-electron chi connectivity index (χ2n) is 2.95. The highest BCUT2D eigenvalue weighted by Gasteiger charge is 2.18. The summed E-state index contributed by atoms with van der Waals surface area (Å²) in [7, 11) is 0. The van der Waals surface area contributed by atoms with Gasteiger partial charge in [0.15, 0.2) is 0 Å². The Morgan fingerprint density at radius 3 is 2.92 bits per heavy atom. The highest BCUT2D eigenvalue weighted by atomic mass is 16.4. The Kier molecular flexibility index (Phi) is 3.22. The maximum absolute atomic E-state index is 10.6. The number of hydrogen-bond donors (Lipinski definition) is 3. The van der Waals surface area contributed by atoms with Crippen LogP contribution in [-0.2, 0) is 4.79 Å². The smallest absolute Gasteiger partial charge is 0.335 e. The first-order valence-electron chi connectivity index (χ1n) is 4.27. The highest BCUT2D eigenvalue weighted by molar-refractivity contribution is 5.90. The summed E-state index contributed by atoms with van der Waals surface area (Å²) >= 11 is 0. The van der Waals surface area contributed by atoms with Crippen LogP contribution in [0.1, 0.15) is 6.92 Å². The molecule has 1 rings (SSSR count). The molecule has 2 atom stereocenters. The normalized spacial score (nSPS) is 27.1. The molecule has 0 fully saturated rings. The van der Waals surface area contributed by atoms with Crippen molar-refractivity contribution in [3.8, 4) is 0 Å². The molecule has 0 saturated heterocycles. The number of aliphatic carboxylic acids is 1. The van der Waals surface area contributed by atoms with Gasteiger partial charge in [-0.25, -0.2) is 4.79 Å². The maximum Gasteiger partial charge on any atom is 0.335 e. The monoisotopic (exact) mass is 182 g/mol. The fourth-order valence-corrected chi connectivity index (χ4v) is 1.28. The first kappa shape index (κ1) is 9.95. The van der Waals surface area contributed by atoms with Crippen LogP contribution in [0.3, 0.4) is 0 Å². The van der Waals surface area contributed by atoms with Crippen molar-refractivity contribution in [2.75, 3.05) is 6.54 Å². The highest BCUT2D eigenvalue weighted by Crippen LogP contribution is 2.09. The average molecular weight is 182 g/mol. The lowest BCUT2D eigenvalue weighted by molar-refractivity contribution is -0.132. The zero-order chi connectivity index (χ0) is 9.84. The van der Waals surface area contributed by atoms with E-state index in [0.717, 1.165) is 6.54 Å². The van der Waals surface area contributed by atoms with E-state index in [9.17, 15) is 4.79 Å². The van der Waals surface area contributed by atoms with E-state index in [1.165, 1.54) is 0 Å². The summed E-state index contributed by atoms with van der Waals surface area (Å²) in [5, 5.41) is 11.8. The zero-order valence-electron chi connectivity index (χ0n) is 7.53. The molecule has 0 aromatic carbocycles. The molecule has 2 unspecified atom stereocenters. The second kappa shape index (κ2) is 4.20. The van der Waals surface area contributed by atoms with E-state index in [2.05, 4.69) is 5.32 Å². The Balaban J connectivity index is 2.67. The van der Waals surface area contributed by atoms with Crippen LogP contribution in [0.4, 0.5) is 0 Å². The maximum atomic E-state index is 10.6. The van der Waals surface area contributed by atoms with Gasteiger partial charge in [0.05, 0.1) is 5.57 Å². The minimum atomic E-state index is -0.929. The number of carboxylic acid groups (broad SMARTS) is 1. The van der Waals surface area contributed by atoms with E-state index >= 15 is 0 Å². The molecule has 0 aromatic heterocycles. The van der Waals surface area contributed by atoms with Crippen LogP contribution in [0.5, 0.6) is 0 Å². The van der Waals surface area contributed by atoms with Crippen LogP contribution < -0.4 is 11.1 Å². The van der Waals surface area contributed by atoms with Crippen molar-refractivity contribution in [2.24, 2.45) is 5.73 Å². The predicted octanol–water partition coefficient (Wildman–Crippen LogP) is -0.127. The standard InChI is InChI=1S/C9H14N2O2/c1-2-11-8-4-3-6(9(12)13)5-7(8)10/h3-5,7-8,11H,2,10H2,1H3,(H,12,13). The molecule has 0 saturated carbocycles. The van der Waals surface area contributed by atoms with Crippen molar-refractivity contribution in [1.82, 2.24) is 5.32 Å². The average Bonchev–Trinajstić information content (AvgIpc) is 2.08. The van der Waals surface area contributed by atoms with Crippen molar-refractivity contribution >= 4 is 5.97 Å². The van der Waals surface area contributed by atoms with E-state index in [1.54, 1.807) is 18.2 Å². The summed E-state index contributed by atoms with van der Waals surface area (Å²) in [5.74, 6) is -0.929. The van der Waals surface area contributed by atoms with Crippen molar-refractivity contribution in [3.63, 3.8) is 0 Å². The summed E-state index contributed by atoms with van der Waals surface area (Å²) in [6, 6.07) is -0.204. The number of carboxylic acids is 1. The number of nitrogens with two attached hydrogens (primary N) is 1. The van der Waals surface area contributed by atoms with Gasteiger partial charge in [0, 0.05) is 12.1 Å². The van der Waals surface area contributed by atoms with Crippen LogP contribution in [0.25, 0.3) is 0 Å². The molecule has 0 spiro atoms. The molecule has 4 N–H and O–H groups in total. The van der Waals surface area contributed by atoms with E-state index in [4.69, 9.17) is 10.8 Å². The quantitative estimate of drug-likeness (QED) is 0.568. The zero-order valence-corrected chi connectivity index (χ0v) is 7.53. The van der Waals surface area contributed by atoms with Crippen molar-refractivity contribution in [3.05, 3.63) is 23.8 Å². The van der Waals surface area contributed by atoms with Crippen molar-refractivity contribution < 1.29 is 9.90 Å². The van der Waals surface area contributed by atoms with Crippen LogP contribution >= 0.6 is 0 Å². The van der Waals surface area contributed by atoms with Crippen LogP contribution in [-0.4, -0.2) is 29.7 Å². The molecule has 0 amide bonds. The molecule has 72 valence electrons. The van der Waals surface area contributed by atoms with Crippen LogP contribution in [0.15, 0.2) is 23.8 Å². The minimum Gasteiger partial charge on any atom is -0.478 e. The van der Waals surface area contributed by atoms with Crippen LogP contribution in [0, 0.1) is 0 Å². The Bertz CT molecular complexity index is 258. The second-order valence-corrected chi connectivity index (χ2v) is 2.95. The van der Waals surface area contributed by atoms with Gasteiger partial charge < -0.3 is 16.2 Å². The van der Waals surface area contributed by atoms with Gasteiger partial charge in [-0.1, -0.05) is 25.2 Å². The lowest BCUT2D eigenvalue weighted by Gasteiger charge is -2.22. The number of nitrogens with one attached hydrogen (secondary N) is 1. The Morgan fingerprint density at radius 2 is 2.46 bits per heavy atom. The van der Waals surface area contributed by atoms with E-state index in [0.29, 0.717) is 0 Å². The molecule has 4 nitrogen and oxygen atoms in total. The third-order valence-electron chi connectivity index (χ3n) is 1.96.